The first-order chi connectivity index (χ1) is 9.42. The Morgan fingerprint density at radius 3 is 2.24 bits per heavy atom. The molecule has 0 aliphatic carbocycles. The van der Waals surface area contributed by atoms with Crippen molar-refractivity contribution in [2.45, 2.75) is 39.4 Å². The van der Waals surface area contributed by atoms with Crippen LogP contribution in [-0.2, 0) is 4.79 Å². The van der Waals surface area contributed by atoms with Crippen LogP contribution in [0.3, 0.4) is 0 Å². The number of aryl methyl sites for hydroxylation is 2. The quantitative estimate of drug-likeness (QED) is 0.895. The van der Waals surface area contributed by atoms with E-state index in [2.05, 4.69) is 5.32 Å². The first-order valence-electron chi connectivity index (χ1n) is 6.17. The van der Waals surface area contributed by atoms with E-state index in [9.17, 15) is 22.8 Å². The highest BCUT2D eigenvalue weighted by Gasteiger charge is 2.34. The first kappa shape index (κ1) is 17.5. The molecule has 0 aliphatic heterocycles. The normalized spacial score (nSPS) is 12.1. The lowest BCUT2D eigenvalue weighted by Crippen LogP contribution is -2.55. The lowest BCUT2D eigenvalue weighted by molar-refractivity contribution is -0.141. The van der Waals surface area contributed by atoms with Gasteiger partial charge in [-0.15, -0.1) is 11.3 Å². The van der Waals surface area contributed by atoms with Crippen LogP contribution in [0.25, 0.3) is 0 Å². The molecule has 4 nitrogen and oxygen atoms in total. The molecule has 1 aromatic rings. The predicted molar refractivity (Wildman–Crippen MR) is 74.4 cm³/mol. The summed E-state index contributed by atoms with van der Waals surface area (Å²) in [4.78, 5) is 25.2. The molecule has 8 heteroatoms. The molecule has 2 N–H and O–H groups in total. The van der Waals surface area contributed by atoms with Gasteiger partial charge < -0.3 is 10.6 Å². The van der Waals surface area contributed by atoms with Gasteiger partial charge in [0.2, 0.25) is 5.91 Å². The maximum Gasteiger partial charge on any atom is 0.405 e. The zero-order valence-electron chi connectivity index (χ0n) is 12.1. The van der Waals surface area contributed by atoms with Gasteiger partial charge in [0.05, 0.1) is 4.88 Å². The molecule has 1 rings (SSSR count). The molecule has 0 aromatic carbocycles. The van der Waals surface area contributed by atoms with E-state index in [1.165, 1.54) is 25.2 Å². The van der Waals surface area contributed by atoms with E-state index in [0.717, 1.165) is 10.4 Å². The van der Waals surface area contributed by atoms with E-state index in [4.69, 9.17) is 0 Å². The Morgan fingerprint density at radius 2 is 1.81 bits per heavy atom. The van der Waals surface area contributed by atoms with Crippen LogP contribution in [0.4, 0.5) is 13.2 Å². The van der Waals surface area contributed by atoms with Gasteiger partial charge >= 0.3 is 6.18 Å². The van der Waals surface area contributed by atoms with Gasteiger partial charge in [-0.3, -0.25) is 9.59 Å². The number of thiophene rings is 1. The second kappa shape index (κ2) is 6.05. The van der Waals surface area contributed by atoms with Crippen LogP contribution < -0.4 is 10.6 Å². The summed E-state index contributed by atoms with van der Waals surface area (Å²) < 4.78 is 36.3. The van der Waals surface area contributed by atoms with Crippen LogP contribution in [0.1, 0.15) is 34.0 Å². The highest BCUT2D eigenvalue weighted by molar-refractivity contribution is 7.14. The summed E-state index contributed by atoms with van der Waals surface area (Å²) in [7, 11) is 0. The Hall–Kier alpha value is -1.57. The molecule has 2 amide bonds. The second-order valence-corrected chi connectivity index (χ2v) is 6.50. The Labute approximate surface area is 124 Å². The molecule has 0 aliphatic rings. The number of carbonyl (C=O) groups excluding carboxylic acids is 2. The van der Waals surface area contributed by atoms with Crippen LogP contribution in [0.5, 0.6) is 0 Å². The van der Waals surface area contributed by atoms with E-state index in [0.29, 0.717) is 4.88 Å². The van der Waals surface area contributed by atoms with Crippen LogP contribution in [0.15, 0.2) is 6.07 Å². The fourth-order valence-corrected chi connectivity index (χ4v) is 2.59. The summed E-state index contributed by atoms with van der Waals surface area (Å²) in [5.41, 5.74) is -0.673. The molecule has 1 aromatic heterocycles. The average Bonchev–Trinajstić information content (AvgIpc) is 2.63. The predicted octanol–water partition coefficient (Wildman–Crippen LogP) is 2.55. The van der Waals surface area contributed by atoms with E-state index >= 15 is 0 Å². The van der Waals surface area contributed by atoms with Crippen molar-refractivity contribution in [2.75, 3.05) is 6.54 Å². The van der Waals surface area contributed by atoms with E-state index in [1.54, 1.807) is 12.2 Å². The molecule has 1 heterocycles. The molecule has 118 valence electrons. The summed E-state index contributed by atoms with van der Waals surface area (Å²) in [6, 6.07) is 1.83. The number of hydrogen-bond donors (Lipinski definition) is 2. The molecular weight excluding hydrogens is 305 g/mol. The third-order valence-corrected chi connectivity index (χ3v) is 3.84. The van der Waals surface area contributed by atoms with Crippen molar-refractivity contribution < 1.29 is 22.8 Å². The molecule has 0 fully saturated rings. The third-order valence-electron chi connectivity index (χ3n) is 2.69. The average molecular weight is 322 g/mol. The van der Waals surface area contributed by atoms with Crippen LogP contribution in [0.2, 0.25) is 0 Å². The summed E-state index contributed by atoms with van der Waals surface area (Å²) >= 11 is 1.27. The van der Waals surface area contributed by atoms with E-state index in [-0.39, 0.29) is 0 Å². The monoisotopic (exact) mass is 322 g/mol. The molecule has 0 radical (unpaired) electrons. The number of hydrogen-bond acceptors (Lipinski definition) is 3. The maximum absolute atomic E-state index is 12.1. The largest absolute Gasteiger partial charge is 0.405 e. The number of amides is 2. The SMILES string of the molecule is Cc1cc(C)c(C(=O)NC(C)(C)C(=O)NCC(F)(F)F)s1. The van der Waals surface area contributed by atoms with Gasteiger partial charge in [-0.1, -0.05) is 0 Å². The minimum atomic E-state index is -4.49. The second-order valence-electron chi connectivity index (χ2n) is 5.25. The Kier molecular flexibility index (Phi) is 5.03. The molecule has 0 bridgehead atoms. The number of nitrogens with one attached hydrogen (secondary N) is 2. The highest BCUT2D eigenvalue weighted by Crippen LogP contribution is 2.21. The van der Waals surface area contributed by atoms with Gasteiger partial charge in [0.25, 0.3) is 5.91 Å². The molecule has 0 saturated carbocycles. The zero-order valence-corrected chi connectivity index (χ0v) is 13.0. The van der Waals surface area contributed by atoms with E-state index < -0.39 is 30.1 Å². The summed E-state index contributed by atoms with van der Waals surface area (Å²) in [6.07, 6.45) is -4.49. The van der Waals surface area contributed by atoms with E-state index in [1.807, 2.05) is 13.0 Å². The van der Waals surface area contributed by atoms with Gasteiger partial charge in [0, 0.05) is 4.88 Å². The van der Waals surface area contributed by atoms with Gasteiger partial charge in [-0.2, -0.15) is 13.2 Å². The summed E-state index contributed by atoms with van der Waals surface area (Å²) in [5, 5.41) is 4.22. The van der Waals surface area contributed by atoms with Crippen LogP contribution in [-0.4, -0.2) is 30.1 Å². The first-order valence-corrected chi connectivity index (χ1v) is 6.98. The summed E-state index contributed by atoms with van der Waals surface area (Å²) in [6.45, 7) is 4.88. The third kappa shape index (κ3) is 5.04. The van der Waals surface area contributed by atoms with Crippen molar-refractivity contribution in [1.29, 1.82) is 0 Å². The van der Waals surface area contributed by atoms with Crippen LogP contribution in [0, 0.1) is 13.8 Å². The number of halogens is 3. The number of carbonyl (C=O) groups is 2. The van der Waals surface area contributed by atoms with Gasteiger partial charge in [0.15, 0.2) is 0 Å². The highest BCUT2D eigenvalue weighted by atomic mass is 32.1. The number of alkyl halides is 3. The van der Waals surface area contributed by atoms with Crippen molar-refractivity contribution in [1.82, 2.24) is 10.6 Å². The summed E-state index contributed by atoms with van der Waals surface area (Å²) in [5.74, 6) is -1.36. The minimum Gasteiger partial charge on any atom is -0.345 e. The fraction of sp³-hybridized carbons (Fsp3) is 0.538. The smallest absolute Gasteiger partial charge is 0.345 e. The Morgan fingerprint density at radius 1 is 1.24 bits per heavy atom. The lowest BCUT2D eigenvalue weighted by atomic mass is 10.0. The minimum absolute atomic E-state index is 0.448. The maximum atomic E-state index is 12.1. The fourth-order valence-electron chi connectivity index (χ4n) is 1.67. The zero-order chi connectivity index (χ0) is 16.4. The molecule has 0 saturated heterocycles. The van der Waals surface area contributed by atoms with Crippen molar-refractivity contribution >= 4 is 23.2 Å². The Balaban J connectivity index is 2.73. The molecule has 0 spiro atoms. The Bertz CT molecular complexity index is 550. The van der Waals surface area contributed by atoms with Crippen LogP contribution >= 0.6 is 11.3 Å². The molecule has 0 atom stereocenters. The lowest BCUT2D eigenvalue weighted by Gasteiger charge is -2.25. The topological polar surface area (TPSA) is 58.2 Å². The van der Waals surface area contributed by atoms with Crippen molar-refractivity contribution in [3.8, 4) is 0 Å². The van der Waals surface area contributed by atoms with Gasteiger partial charge in [0.1, 0.15) is 12.1 Å². The van der Waals surface area contributed by atoms with Gasteiger partial charge in [-0.25, -0.2) is 0 Å². The molecule has 21 heavy (non-hydrogen) atoms. The van der Waals surface area contributed by atoms with Gasteiger partial charge in [-0.05, 0) is 39.3 Å². The molecular formula is C13H17F3N2O2S. The van der Waals surface area contributed by atoms with Crippen molar-refractivity contribution in [2.24, 2.45) is 0 Å². The standard InChI is InChI=1S/C13H17F3N2O2S/c1-7-5-8(2)21-9(7)10(19)18-12(3,4)11(20)17-6-13(14,15)16/h5H,6H2,1-4H3,(H,17,20)(H,18,19). The van der Waals surface area contributed by atoms with Crippen molar-refractivity contribution in [3.05, 3.63) is 21.4 Å². The number of rotatable bonds is 4. The molecule has 0 unspecified atom stereocenters. The van der Waals surface area contributed by atoms with Crippen molar-refractivity contribution in [3.63, 3.8) is 0 Å².